The predicted molar refractivity (Wildman–Crippen MR) is 132 cm³/mol. The van der Waals surface area contributed by atoms with Crippen molar-refractivity contribution in [3.63, 3.8) is 0 Å². The summed E-state index contributed by atoms with van der Waals surface area (Å²) in [5.41, 5.74) is 5.31. The number of rotatable bonds is 10. The van der Waals surface area contributed by atoms with Gasteiger partial charge in [-0.25, -0.2) is 0 Å². The molecule has 184 valence electrons. The van der Waals surface area contributed by atoms with E-state index in [-0.39, 0.29) is 47.5 Å². The fraction of sp³-hybridized carbons (Fsp3) is 0.333. The predicted octanol–water partition coefficient (Wildman–Crippen LogP) is 1.00. The summed E-state index contributed by atoms with van der Waals surface area (Å²) in [5, 5.41) is 25.0. The molecule has 2 unspecified atom stereocenters. The van der Waals surface area contributed by atoms with E-state index in [1.54, 1.807) is 10.9 Å². The lowest BCUT2D eigenvalue weighted by atomic mass is 9.85. The topological polar surface area (TPSA) is 186 Å². The Morgan fingerprint density at radius 3 is 2.97 bits per heavy atom. The Morgan fingerprint density at radius 2 is 2.34 bits per heavy atom. The highest BCUT2D eigenvalue weighted by Gasteiger charge is 2.57. The summed E-state index contributed by atoms with van der Waals surface area (Å²) in [6, 6.07) is 0. The second-order valence-corrected chi connectivity index (χ2v) is 11.2. The molecule has 35 heavy (non-hydrogen) atoms. The molecular weight excluding hydrogens is 537 g/mol. The highest BCUT2D eigenvalue weighted by Crippen LogP contribution is 2.47. The minimum atomic E-state index is -1.63. The summed E-state index contributed by atoms with van der Waals surface area (Å²) in [5.74, 6) is -2.16. The summed E-state index contributed by atoms with van der Waals surface area (Å²) >= 11 is 4.53. The van der Waals surface area contributed by atoms with Crippen LogP contribution in [0.5, 0.6) is 0 Å². The van der Waals surface area contributed by atoms with E-state index in [1.165, 1.54) is 51.9 Å². The van der Waals surface area contributed by atoms with E-state index >= 15 is 0 Å². The van der Waals surface area contributed by atoms with Gasteiger partial charge in [-0.05, 0) is 5.41 Å². The quantitative estimate of drug-likeness (QED) is 0.0946. The fourth-order valence-corrected chi connectivity index (χ4v) is 6.54. The minimum Gasteiger partial charge on any atom is -0.480 e. The summed E-state index contributed by atoms with van der Waals surface area (Å²) in [6.07, 6.45) is 3.16. The standard InChI is InChI=1S/C18H18N8O5S4/c1-2-4-31-24-11(12-21-16(19)35-25-12)13(28)22-14-18(15(29)30,3-5-32-17-23-20-8-33-17)7-26-9(27)6-10(26)34-14/h2-3,5,8,10,14H,1,4,6-7H2,(H,22,28)(H,29,30)(H2,19,21,25)/t10-,14?,18?/m1/s1. The van der Waals surface area contributed by atoms with E-state index in [2.05, 4.69) is 36.6 Å². The lowest BCUT2D eigenvalue weighted by Crippen LogP contribution is -2.66. The van der Waals surface area contributed by atoms with Gasteiger partial charge in [0.2, 0.25) is 17.4 Å². The summed E-state index contributed by atoms with van der Waals surface area (Å²) in [6.45, 7) is 3.44. The first-order valence-electron chi connectivity index (χ1n) is 9.84. The van der Waals surface area contributed by atoms with Crippen LogP contribution in [0.3, 0.4) is 0 Å². The number of nitrogens with two attached hydrogens (primary N) is 1. The number of β-lactam (4-membered cyclic amide) rings is 1. The molecule has 2 aromatic heterocycles. The number of carboxylic acid groups (broad SMARTS) is 1. The number of nitrogens with zero attached hydrogens (tertiary/aromatic N) is 6. The number of carbonyl (C=O) groups is 3. The van der Waals surface area contributed by atoms with Crippen molar-refractivity contribution in [3.8, 4) is 0 Å². The summed E-state index contributed by atoms with van der Waals surface area (Å²) in [4.78, 5) is 48.5. The molecule has 4 N–H and O–H groups in total. The van der Waals surface area contributed by atoms with E-state index in [4.69, 9.17) is 10.6 Å². The van der Waals surface area contributed by atoms with E-state index < -0.39 is 22.7 Å². The van der Waals surface area contributed by atoms with Crippen LogP contribution < -0.4 is 11.1 Å². The molecule has 17 heteroatoms. The maximum absolute atomic E-state index is 13.3. The van der Waals surface area contributed by atoms with Gasteiger partial charge in [0.1, 0.15) is 17.5 Å². The Bertz CT molecular complexity index is 1190. The van der Waals surface area contributed by atoms with Crippen LogP contribution in [0, 0.1) is 5.41 Å². The highest BCUT2D eigenvalue weighted by molar-refractivity contribution is 8.03. The van der Waals surface area contributed by atoms with Crippen molar-refractivity contribution < 1.29 is 24.3 Å². The third-order valence-corrected chi connectivity index (χ3v) is 8.67. The lowest BCUT2D eigenvalue weighted by molar-refractivity contribution is -0.154. The third kappa shape index (κ3) is 5.31. The summed E-state index contributed by atoms with van der Waals surface area (Å²) in [7, 11) is 0. The fourth-order valence-electron chi connectivity index (χ4n) is 3.22. The number of fused-ring (bicyclic) bond motifs is 1. The van der Waals surface area contributed by atoms with Gasteiger partial charge in [0.05, 0.1) is 17.2 Å². The number of oxime groups is 1. The molecule has 2 fully saturated rings. The van der Waals surface area contributed by atoms with E-state index in [1.807, 2.05) is 0 Å². The number of hydrogen-bond donors (Lipinski definition) is 3. The van der Waals surface area contributed by atoms with Crippen LogP contribution in [-0.2, 0) is 19.2 Å². The maximum atomic E-state index is 13.3. The van der Waals surface area contributed by atoms with Gasteiger partial charge in [0.25, 0.3) is 5.91 Å². The molecule has 2 aliphatic heterocycles. The molecular formula is C18H18N8O5S4. The average Bonchev–Trinajstić information content (AvgIpc) is 3.49. The minimum absolute atomic E-state index is 0.0262. The molecule has 2 aliphatic rings. The van der Waals surface area contributed by atoms with Crippen LogP contribution in [0.1, 0.15) is 12.2 Å². The monoisotopic (exact) mass is 554 g/mol. The zero-order valence-electron chi connectivity index (χ0n) is 17.8. The van der Waals surface area contributed by atoms with Crippen LogP contribution in [0.4, 0.5) is 5.13 Å². The molecule has 0 aromatic carbocycles. The van der Waals surface area contributed by atoms with Crippen molar-refractivity contribution >= 4 is 75.0 Å². The zero-order valence-corrected chi connectivity index (χ0v) is 21.0. The number of amides is 2. The number of aromatic nitrogens is 4. The maximum Gasteiger partial charge on any atom is 0.318 e. The van der Waals surface area contributed by atoms with Crippen molar-refractivity contribution in [1.29, 1.82) is 0 Å². The van der Waals surface area contributed by atoms with Gasteiger partial charge in [-0.2, -0.15) is 9.36 Å². The van der Waals surface area contributed by atoms with E-state index in [0.29, 0.717) is 4.34 Å². The second-order valence-electron chi connectivity index (χ2n) is 7.12. The Morgan fingerprint density at radius 1 is 1.51 bits per heavy atom. The number of anilines is 1. The molecule has 0 aliphatic carbocycles. The van der Waals surface area contributed by atoms with Gasteiger partial charge in [-0.15, -0.1) is 22.0 Å². The van der Waals surface area contributed by atoms with E-state index in [9.17, 15) is 19.5 Å². The van der Waals surface area contributed by atoms with E-state index in [0.717, 1.165) is 11.5 Å². The van der Waals surface area contributed by atoms with Crippen molar-refractivity contribution in [3.05, 3.63) is 35.5 Å². The van der Waals surface area contributed by atoms with Gasteiger partial charge in [-0.1, -0.05) is 47.0 Å². The number of nitrogens with one attached hydrogen (secondary N) is 1. The molecule has 0 radical (unpaired) electrons. The normalized spacial score (nSPS) is 24.1. The SMILES string of the molecule is C=CCON=C(C(=O)NC1S[C@@H]2CC(=O)N2CC1(C=CSc1nncs1)C(=O)O)c1nsc(N)n1. The first-order valence-corrected chi connectivity index (χ1v) is 13.3. The Balaban J connectivity index is 1.63. The first kappa shape index (κ1) is 25.1. The average molecular weight is 555 g/mol. The lowest BCUT2D eigenvalue weighted by Gasteiger charge is -2.52. The van der Waals surface area contributed by atoms with Crippen molar-refractivity contribution in [2.75, 3.05) is 18.9 Å². The number of hydrogen-bond acceptors (Lipinski definition) is 14. The van der Waals surface area contributed by atoms with Gasteiger partial charge < -0.3 is 25.9 Å². The zero-order chi connectivity index (χ0) is 25.0. The number of carboxylic acids is 1. The number of nitrogen functional groups attached to an aromatic ring is 1. The summed E-state index contributed by atoms with van der Waals surface area (Å²) < 4.78 is 4.63. The van der Waals surface area contributed by atoms with Crippen LogP contribution in [0.2, 0.25) is 0 Å². The van der Waals surface area contributed by atoms with Crippen LogP contribution in [0.25, 0.3) is 0 Å². The molecule has 0 spiro atoms. The van der Waals surface area contributed by atoms with Gasteiger partial charge in [0.15, 0.2) is 9.47 Å². The van der Waals surface area contributed by atoms with Crippen molar-refractivity contribution in [1.82, 2.24) is 29.8 Å². The first-order chi connectivity index (χ1) is 16.8. The smallest absolute Gasteiger partial charge is 0.318 e. The third-order valence-electron chi connectivity index (χ3n) is 4.96. The molecule has 0 saturated carbocycles. The number of carbonyl (C=O) groups excluding carboxylic acids is 2. The molecule has 3 atom stereocenters. The molecule has 4 heterocycles. The van der Waals surface area contributed by atoms with Gasteiger partial charge >= 0.3 is 5.97 Å². The number of aliphatic carboxylic acids is 1. The highest BCUT2D eigenvalue weighted by atomic mass is 32.2. The molecule has 2 saturated heterocycles. The second kappa shape index (κ2) is 10.7. The molecule has 13 nitrogen and oxygen atoms in total. The number of thioether (sulfide) groups is 2. The molecule has 2 amide bonds. The van der Waals surface area contributed by atoms with Crippen molar-refractivity contribution in [2.45, 2.75) is 21.5 Å². The Kier molecular flexibility index (Phi) is 7.68. The van der Waals surface area contributed by atoms with Gasteiger partial charge in [-0.3, -0.25) is 14.4 Å². The van der Waals surface area contributed by atoms with Gasteiger partial charge in [0, 0.05) is 18.1 Å². The van der Waals surface area contributed by atoms with Crippen LogP contribution in [0.15, 0.2) is 39.1 Å². The Labute approximate surface area is 215 Å². The van der Waals surface area contributed by atoms with Crippen molar-refractivity contribution in [2.24, 2.45) is 10.6 Å². The van der Waals surface area contributed by atoms with Crippen LogP contribution in [-0.4, -0.2) is 77.0 Å². The molecule has 0 bridgehead atoms. The molecule has 4 rings (SSSR count). The molecule has 2 aromatic rings. The Hall–Kier alpha value is -3.02. The van der Waals surface area contributed by atoms with Crippen LogP contribution >= 0.6 is 46.4 Å². The largest absolute Gasteiger partial charge is 0.480 e.